The molecule has 0 unspecified atom stereocenters. The number of carbonyl (C=O) groups is 1. The number of nitrogens with one attached hydrogen (secondary N) is 1. The lowest BCUT2D eigenvalue weighted by Gasteiger charge is -2.26. The van der Waals surface area contributed by atoms with Crippen LogP contribution in [0, 0.1) is 30.6 Å². The van der Waals surface area contributed by atoms with Gasteiger partial charge in [0.25, 0.3) is 0 Å². The average Bonchev–Trinajstić information content (AvgIpc) is 2.89. The van der Waals surface area contributed by atoms with Gasteiger partial charge in [-0.25, -0.2) is 0 Å². The van der Waals surface area contributed by atoms with Crippen LogP contribution in [0.15, 0.2) is 18.2 Å². The number of hydrogen-bond donors (Lipinski definition) is 1. The van der Waals surface area contributed by atoms with Crippen molar-refractivity contribution in [2.75, 3.05) is 16.8 Å². The number of fused-ring (bicyclic) bond motifs is 1. The highest BCUT2D eigenvalue weighted by Crippen LogP contribution is 2.39. The summed E-state index contributed by atoms with van der Waals surface area (Å²) in [6.45, 7) is 11.3. The molecule has 1 aliphatic heterocycles. The Morgan fingerprint density at radius 2 is 1.89 bits per heavy atom. The fourth-order valence-electron chi connectivity index (χ4n) is 3.78. The molecule has 1 aliphatic rings. The van der Waals surface area contributed by atoms with E-state index in [1.54, 1.807) is 11.3 Å². The molecule has 0 aliphatic carbocycles. The number of benzene rings is 1. The lowest BCUT2D eigenvalue weighted by atomic mass is 9.92. The molecular formula is C23H29N3OS. The van der Waals surface area contributed by atoms with Crippen molar-refractivity contribution in [2.45, 2.75) is 60.3 Å². The van der Waals surface area contributed by atoms with Crippen LogP contribution in [0.5, 0.6) is 0 Å². The monoisotopic (exact) mass is 395 g/mol. The van der Waals surface area contributed by atoms with Crippen molar-refractivity contribution in [3.63, 3.8) is 0 Å². The normalized spacial score (nSPS) is 14.2. The summed E-state index contributed by atoms with van der Waals surface area (Å²) in [6.07, 6.45) is 3.81. The Morgan fingerprint density at radius 1 is 1.21 bits per heavy atom. The van der Waals surface area contributed by atoms with Gasteiger partial charge in [-0.15, -0.1) is 11.3 Å². The summed E-state index contributed by atoms with van der Waals surface area (Å²) in [4.78, 5) is 16.8. The van der Waals surface area contributed by atoms with E-state index in [1.807, 2.05) is 6.07 Å². The molecule has 0 fully saturated rings. The van der Waals surface area contributed by atoms with Crippen molar-refractivity contribution in [3.05, 3.63) is 39.1 Å². The topological polar surface area (TPSA) is 56.1 Å². The van der Waals surface area contributed by atoms with Gasteiger partial charge >= 0.3 is 0 Å². The number of nitrogens with zero attached hydrogens (tertiary/aromatic N) is 2. The zero-order valence-electron chi connectivity index (χ0n) is 17.5. The first-order chi connectivity index (χ1) is 13.2. The van der Waals surface area contributed by atoms with Gasteiger partial charge in [0, 0.05) is 29.2 Å². The SMILES string of the molecule is Cc1cc(N2CCCCc3sc(C#N)cc32)cc(C)c1NC(=O)CC(C)(C)C. The van der Waals surface area contributed by atoms with Gasteiger partial charge in [0.05, 0.1) is 5.69 Å². The summed E-state index contributed by atoms with van der Waals surface area (Å²) < 4.78 is 0. The first-order valence-corrected chi connectivity index (χ1v) is 10.7. The summed E-state index contributed by atoms with van der Waals surface area (Å²) in [5.74, 6) is 0.0556. The quantitative estimate of drug-likeness (QED) is 0.684. The lowest BCUT2D eigenvalue weighted by molar-refractivity contribution is -0.117. The van der Waals surface area contributed by atoms with Crippen LogP contribution >= 0.6 is 11.3 Å². The van der Waals surface area contributed by atoms with E-state index in [0.717, 1.165) is 53.2 Å². The molecule has 2 aromatic rings. The maximum absolute atomic E-state index is 12.4. The molecule has 28 heavy (non-hydrogen) atoms. The van der Waals surface area contributed by atoms with Crippen molar-refractivity contribution in [2.24, 2.45) is 5.41 Å². The van der Waals surface area contributed by atoms with Gasteiger partial charge in [0.1, 0.15) is 10.9 Å². The second kappa shape index (κ2) is 7.97. The molecule has 0 bridgehead atoms. The van der Waals surface area contributed by atoms with Crippen molar-refractivity contribution in [3.8, 4) is 6.07 Å². The fourth-order valence-corrected chi connectivity index (χ4v) is 4.79. The predicted octanol–water partition coefficient (Wildman–Crippen LogP) is 6.09. The summed E-state index contributed by atoms with van der Waals surface area (Å²) in [7, 11) is 0. The maximum Gasteiger partial charge on any atom is 0.224 e. The van der Waals surface area contributed by atoms with Gasteiger partial charge in [-0.1, -0.05) is 20.8 Å². The molecule has 1 aromatic carbocycles. The first-order valence-electron chi connectivity index (χ1n) is 9.89. The number of carbonyl (C=O) groups excluding carboxylic acids is 1. The number of aryl methyl sites for hydroxylation is 3. The Morgan fingerprint density at radius 3 is 2.50 bits per heavy atom. The number of thiophene rings is 1. The predicted molar refractivity (Wildman–Crippen MR) is 118 cm³/mol. The minimum absolute atomic E-state index is 0.0360. The molecule has 0 atom stereocenters. The number of hydrogen-bond acceptors (Lipinski definition) is 4. The number of rotatable bonds is 3. The Balaban J connectivity index is 1.92. The summed E-state index contributed by atoms with van der Waals surface area (Å²) >= 11 is 1.61. The van der Waals surface area contributed by atoms with Crippen molar-refractivity contribution in [1.82, 2.24) is 0 Å². The molecule has 1 aromatic heterocycles. The zero-order valence-corrected chi connectivity index (χ0v) is 18.3. The largest absolute Gasteiger partial charge is 0.341 e. The molecule has 148 valence electrons. The van der Waals surface area contributed by atoms with Gasteiger partial charge in [-0.2, -0.15) is 5.26 Å². The highest BCUT2D eigenvalue weighted by atomic mass is 32.1. The zero-order chi connectivity index (χ0) is 20.5. The van der Waals surface area contributed by atoms with Gasteiger partial charge in [0.15, 0.2) is 0 Å². The smallest absolute Gasteiger partial charge is 0.224 e. The van der Waals surface area contributed by atoms with E-state index in [1.165, 1.54) is 10.6 Å². The third-order valence-corrected chi connectivity index (χ3v) is 6.10. The van der Waals surface area contributed by atoms with E-state index in [4.69, 9.17) is 0 Å². The number of anilines is 3. The molecule has 3 rings (SSSR count). The molecule has 0 saturated carbocycles. The highest BCUT2D eigenvalue weighted by molar-refractivity contribution is 7.13. The second-order valence-corrected chi connectivity index (χ2v) is 10.0. The van der Waals surface area contributed by atoms with Crippen LogP contribution in [0.4, 0.5) is 17.1 Å². The van der Waals surface area contributed by atoms with Crippen molar-refractivity contribution in [1.29, 1.82) is 5.26 Å². The highest BCUT2D eigenvalue weighted by Gasteiger charge is 2.22. The van der Waals surface area contributed by atoms with Crippen LogP contribution in [0.25, 0.3) is 0 Å². The molecular weight excluding hydrogens is 366 g/mol. The Bertz CT molecular complexity index is 907. The average molecular weight is 396 g/mol. The number of nitriles is 1. The molecule has 0 radical (unpaired) electrons. The van der Waals surface area contributed by atoms with E-state index in [9.17, 15) is 10.1 Å². The molecule has 1 amide bonds. The molecule has 1 N–H and O–H groups in total. The van der Waals surface area contributed by atoms with Gasteiger partial charge < -0.3 is 10.2 Å². The minimum Gasteiger partial charge on any atom is -0.341 e. The summed E-state index contributed by atoms with van der Waals surface area (Å²) in [5, 5.41) is 12.4. The number of amides is 1. The minimum atomic E-state index is -0.0360. The van der Waals surface area contributed by atoms with Crippen LogP contribution in [0.3, 0.4) is 0 Å². The molecule has 5 heteroatoms. The van der Waals surface area contributed by atoms with Crippen molar-refractivity contribution < 1.29 is 4.79 Å². The molecule has 0 spiro atoms. The third kappa shape index (κ3) is 4.56. The van der Waals surface area contributed by atoms with E-state index >= 15 is 0 Å². The van der Waals surface area contributed by atoms with Crippen molar-refractivity contribution >= 4 is 34.3 Å². The Labute approximate surface area is 172 Å². The molecule has 0 saturated heterocycles. The third-order valence-electron chi connectivity index (χ3n) is 5.01. The van der Waals surface area contributed by atoms with Crippen LogP contribution in [0.2, 0.25) is 0 Å². The summed E-state index contributed by atoms with van der Waals surface area (Å²) in [6, 6.07) is 8.62. The van der Waals surface area contributed by atoms with Crippen LogP contribution in [-0.4, -0.2) is 12.5 Å². The van der Waals surface area contributed by atoms with Gasteiger partial charge in [0.2, 0.25) is 5.91 Å². The van der Waals surface area contributed by atoms with Crippen LogP contribution in [-0.2, 0) is 11.2 Å². The second-order valence-electron chi connectivity index (χ2n) is 8.88. The molecule has 4 nitrogen and oxygen atoms in total. The Hall–Kier alpha value is -2.32. The maximum atomic E-state index is 12.4. The Kier molecular flexibility index (Phi) is 5.81. The van der Waals surface area contributed by atoms with Gasteiger partial charge in [-0.3, -0.25) is 4.79 Å². The molecule has 2 heterocycles. The van der Waals surface area contributed by atoms with Crippen LogP contribution < -0.4 is 10.2 Å². The standard InChI is InChI=1S/C23H29N3OS/c1-15-10-17(11-16(2)22(15)25-21(27)13-23(3,4)5)26-9-7-6-8-20-19(26)12-18(14-24)28-20/h10-12H,6-9,13H2,1-5H3,(H,25,27). The summed E-state index contributed by atoms with van der Waals surface area (Å²) in [5.41, 5.74) is 5.32. The van der Waals surface area contributed by atoms with E-state index < -0.39 is 0 Å². The fraction of sp³-hybridized carbons (Fsp3) is 0.478. The lowest BCUT2D eigenvalue weighted by Crippen LogP contribution is -2.21. The van der Waals surface area contributed by atoms with Gasteiger partial charge in [-0.05, 0) is 67.9 Å². The first kappa shape index (κ1) is 20.4. The van der Waals surface area contributed by atoms with E-state index in [2.05, 4.69) is 63.0 Å². The van der Waals surface area contributed by atoms with E-state index in [0.29, 0.717) is 6.42 Å². The van der Waals surface area contributed by atoms with E-state index in [-0.39, 0.29) is 11.3 Å². The van der Waals surface area contributed by atoms with Crippen LogP contribution in [0.1, 0.15) is 60.9 Å².